The molecule has 0 saturated heterocycles. The molecule has 6 heteroatoms. The predicted molar refractivity (Wildman–Crippen MR) is 157 cm³/mol. The molecule has 2 N–H and O–H groups in total. The van der Waals surface area contributed by atoms with Gasteiger partial charge in [-0.3, -0.25) is 0 Å². The number of H-pyrrole nitrogens is 2. The van der Waals surface area contributed by atoms with Crippen molar-refractivity contribution >= 4 is 54.3 Å². The van der Waals surface area contributed by atoms with Crippen molar-refractivity contribution in [1.29, 1.82) is 0 Å². The van der Waals surface area contributed by atoms with E-state index in [0.29, 0.717) is 12.5 Å². The van der Waals surface area contributed by atoms with Crippen LogP contribution in [0, 0.1) is 0 Å². The minimum atomic E-state index is 0.340. The van der Waals surface area contributed by atoms with Crippen molar-refractivity contribution in [3.05, 3.63) is 77.2 Å². The second-order valence-corrected chi connectivity index (χ2v) is 11.4. The lowest BCUT2D eigenvalue weighted by Gasteiger charge is -2.22. The molecule has 186 valence electrons. The first-order valence-electron chi connectivity index (χ1n) is 13.2. The number of hydrogen-bond acceptors (Lipinski definition) is 4. The molecule has 7 aromatic rings. The van der Waals surface area contributed by atoms with Crippen molar-refractivity contribution in [2.75, 3.05) is 0 Å². The molecule has 0 unspecified atom stereocenters. The van der Waals surface area contributed by atoms with E-state index in [9.17, 15) is 0 Å². The molecule has 0 spiro atoms. The van der Waals surface area contributed by atoms with Gasteiger partial charge in [0.1, 0.15) is 23.8 Å². The maximum absolute atomic E-state index is 6.33. The summed E-state index contributed by atoms with van der Waals surface area (Å²) in [5, 5.41) is 5.90. The van der Waals surface area contributed by atoms with Crippen LogP contribution in [0.1, 0.15) is 43.9 Å². The normalized spacial score (nSPS) is 13.1. The highest BCUT2D eigenvalue weighted by Gasteiger charge is 2.23. The van der Waals surface area contributed by atoms with E-state index in [1.54, 1.807) is 11.3 Å². The smallest absolute Gasteiger partial charge is 0.155 e. The Hall–Kier alpha value is -4.16. The zero-order valence-electron chi connectivity index (χ0n) is 21.5. The number of nitrogens with one attached hydrogen (secondary N) is 2. The van der Waals surface area contributed by atoms with Crippen LogP contribution in [-0.4, -0.2) is 19.9 Å². The molecule has 0 saturated carbocycles. The number of fused-ring (bicyclic) bond motifs is 11. The van der Waals surface area contributed by atoms with Crippen LogP contribution in [0.4, 0.5) is 0 Å². The van der Waals surface area contributed by atoms with Crippen LogP contribution in [0.15, 0.2) is 60.0 Å². The fourth-order valence-corrected chi connectivity index (χ4v) is 6.75. The first kappa shape index (κ1) is 21.9. The van der Waals surface area contributed by atoms with Crippen molar-refractivity contribution in [2.45, 2.75) is 39.7 Å². The van der Waals surface area contributed by atoms with Crippen molar-refractivity contribution in [2.24, 2.45) is 0 Å². The Balaban J connectivity index is 1.26. The van der Waals surface area contributed by atoms with Crippen molar-refractivity contribution in [3.63, 3.8) is 0 Å². The standard InChI is InChI=1S/C32H26N4OS/c1-4-26-34-27-21-8-6-18(14-24(21)31-23(11-12-38-31)28(27)35-26)17-5-7-20-19(13-17)15-37-30-22(20)9-10-25-29(30)36-32(33-25)16(2)3/h5-14,16H,4,15H2,1-3H3,(H,33,36)(H,34,35). The molecule has 0 bridgehead atoms. The highest BCUT2D eigenvalue weighted by atomic mass is 32.1. The summed E-state index contributed by atoms with van der Waals surface area (Å²) < 4.78 is 7.63. The Morgan fingerprint density at radius 2 is 1.71 bits per heavy atom. The minimum Gasteiger partial charge on any atom is -0.486 e. The van der Waals surface area contributed by atoms with Gasteiger partial charge in [-0.1, -0.05) is 45.0 Å². The van der Waals surface area contributed by atoms with Gasteiger partial charge in [-0.15, -0.1) is 11.3 Å². The molecule has 8 rings (SSSR count). The Labute approximate surface area is 223 Å². The average Bonchev–Trinajstić information content (AvgIpc) is 3.70. The molecule has 0 amide bonds. The molecule has 38 heavy (non-hydrogen) atoms. The van der Waals surface area contributed by atoms with E-state index in [2.05, 4.69) is 90.7 Å². The summed E-state index contributed by atoms with van der Waals surface area (Å²) in [5.74, 6) is 3.25. The van der Waals surface area contributed by atoms with E-state index in [1.807, 2.05) is 0 Å². The lowest BCUT2D eigenvalue weighted by molar-refractivity contribution is 0.305. The topological polar surface area (TPSA) is 66.6 Å². The van der Waals surface area contributed by atoms with Gasteiger partial charge in [0.05, 0.1) is 16.6 Å². The van der Waals surface area contributed by atoms with Crippen LogP contribution in [0.3, 0.4) is 0 Å². The van der Waals surface area contributed by atoms with Crippen LogP contribution in [0.25, 0.3) is 65.2 Å². The van der Waals surface area contributed by atoms with Gasteiger partial charge in [0.2, 0.25) is 0 Å². The number of aromatic amines is 2. The van der Waals surface area contributed by atoms with Gasteiger partial charge in [-0.2, -0.15) is 0 Å². The zero-order chi connectivity index (χ0) is 25.5. The molecule has 4 heterocycles. The van der Waals surface area contributed by atoms with Crippen LogP contribution in [-0.2, 0) is 13.0 Å². The van der Waals surface area contributed by atoms with E-state index in [1.165, 1.54) is 43.1 Å². The maximum atomic E-state index is 6.33. The zero-order valence-corrected chi connectivity index (χ0v) is 22.3. The quantitative estimate of drug-likeness (QED) is 0.248. The lowest BCUT2D eigenvalue weighted by atomic mass is 9.92. The van der Waals surface area contributed by atoms with Gasteiger partial charge >= 0.3 is 0 Å². The molecular weight excluding hydrogens is 488 g/mol. The summed E-state index contributed by atoms with van der Waals surface area (Å²) in [7, 11) is 0. The average molecular weight is 515 g/mol. The monoisotopic (exact) mass is 514 g/mol. The third-order valence-electron chi connectivity index (χ3n) is 7.82. The van der Waals surface area contributed by atoms with Crippen LogP contribution < -0.4 is 4.74 Å². The van der Waals surface area contributed by atoms with Crippen molar-refractivity contribution in [1.82, 2.24) is 19.9 Å². The van der Waals surface area contributed by atoms with Crippen molar-refractivity contribution < 1.29 is 4.74 Å². The van der Waals surface area contributed by atoms with Gasteiger partial charge in [0, 0.05) is 38.8 Å². The van der Waals surface area contributed by atoms with E-state index in [-0.39, 0.29) is 0 Å². The summed E-state index contributed by atoms with van der Waals surface area (Å²) in [6, 6.07) is 20.0. The summed E-state index contributed by atoms with van der Waals surface area (Å²) in [6.45, 7) is 6.98. The molecule has 0 aliphatic carbocycles. The number of nitrogens with zero attached hydrogens (tertiary/aromatic N) is 2. The Morgan fingerprint density at radius 1 is 0.868 bits per heavy atom. The summed E-state index contributed by atoms with van der Waals surface area (Å²) in [6.07, 6.45) is 0.894. The summed E-state index contributed by atoms with van der Waals surface area (Å²) >= 11 is 1.79. The fraction of sp³-hybridized carbons (Fsp3) is 0.188. The van der Waals surface area contributed by atoms with Gasteiger partial charge in [-0.05, 0) is 58.0 Å². The number of rotatable bonds is 3. The lowest BCUT2D eigenvalue weighted by Crippen LogP contribution is -2.06. The molecule has 0 radical (unpaired) electrons. The van der Waals surface area contributed by atoms with Crippen molar-refractivity contribution in [3.8, 4) is 28.0 Å². The Kier molecular flexibility index (Phi) is 4.56. The number of aryl methyl sites for hydroxylation is 1. The Morgan fingerprint density at radius 3 is 2.58 bits per heavy atom. The molecule has 0 atom stereocenters. The first-order chi connectivity index (χ1) is 18.6. The molecule has 3 aromatic heterocycles. The van der Waals surface area contributed by atoms with Gasteiger partial charge in [-0.25, -0.2) is 9.97 Å². The van der Waals surface area contributed by atoms with E-state index in [0.717, 1.165) is 51.4 Å². The molecular formula is C32H26N4OS. The first-order valence-corrected chi connectivity index (χ1v) is 14.1. The van der Waals surface area contributed by atoms with Gasteiger partial charge in [0.25, 0.3) is 0 Å². The van der Waals surface area contributed by atoms with Crippen LogP contribution >= 0.6 is 11.3 Å². The molecule has 1 aliphatic heterocycles. The largest absolute Gasteiger partial charge is 0.486 e. The molecule has 0 fully saturated rings. The number of imidazole rings is 2. The van der Waals surface area contributed by atoms with E-state index < -0.39 is 0 Å². The fourth-order valence-electron chi connectivity index (χ4n) is 5.82. The third kappa shape index (κ3) is 3.04. The molecule has 4 aromatic carbocycles. The van der Waals surface area contributed by atoms with Gasteiger partial charge < -0.3 is 14.7 Å². The van der Waals surface area contributed by atoms with Gasteiger partial charge in [0.15, 0.2) is 5.75 Å². The van der Waals surface area contributed by atoms with Crippen LogP contribution in [0.2, 0.25) is 0 Å². The second kappa shape index (κ2) is 7.92. The summed E-state index contributed by atoms with van der Waals surface area (Å²) in [5.41, 5.74) is 10.1. The predicted octanol–water partition coefficient (Wildman–Crippen LogP) is 8.72. The SMILES string of the molecule is CCc1nc2c3ccsc3c3cc(-c4ccc5c(c4)COc4c-5ccc5[nH]c(C(C)C)nc45)ccc3c2[nH]1. The molecule has 1 aliphatic rings. The van der Waals surface area contributed by atoms with E-state index in [4.69, 9.17) is 14.7 Å². The van der Waals surface area contributed by atoms with Crippen LogP contribution in [0.5, 0.6) is 5.75 Å². The number of benzene rings is 4. The number of ether oxygens (including phenoxy) is 1. The number of hydrogen-bond donors (Lipinski definition) is 2. The minimum absolute atomic E-state index is 0.340. The second-order valence-electron chi connectivity index (χ2n) is 10.5. The Bertz CT molecular complexity index is 2060. The van der Waals surface area contributed by atoms with E-state index >= 15 is 0 Å². The number of aromatic nitrogens is 4. The number of thiophene rings is 1. The molecule has 5 nitrogen and oxygen atoms in total. The highest BCUT2D eigenvalue weighted by molar-refractivity contribution is 7.18. The highest BCUT2D eigenvalue weighted by Crippen LogP contribution is 2.44. The summed E-state index contributed by atoms with van der Waals surface area (Å²) in [4.78, 5) is 16.8. The maximum Gasteiger partial charge on any atom is 0.155 e. The third-order valence-corrected chi connectivity index (χ3v) is 8.76.